The fourth-order valence-electron chi connectivity index (χ4n) is 8.72. The summed E-state index contributed by atoms with van der Waals surface area (Å²) in [4.78, 5) is 39.0. The topological polar surface area (TPSA) is 112 Å². The number of carboxylic acid groups (broad SMARTS) is 3. The molecule has 6 nitrogen and oxygen atoms in total. The minimum absolute atomic E-state index is 0.0765. The van der Waals surface area contributed by atoms with Crippen LogP contribution in [-0.2, 0) is 19.3 Å². The average molecular weight is 799 g/mol. The fraction of sp³-hybridized carbons (Fsp3) is 0.824. The third kappa shape index (κ3) is 25.0. The molecule has 1 rings (SSSR count). The zero-order valence-electron chi connectivity index (χ0n) is 38.1. The van der Waals surface area contributed by atoms with Crippen molar-refractivity contribution in [1.82, 2.24) is 0 Å². The SMILES string of the molecule is CC(C)CCCCCCCCCCCc1c(CCCCCCCCCCCC(C)C)c(C(=O)O)c(C(=O)O)c(CCCCCCCCCCCC(C)C)c1C(=O)O. The van der Waals surface area contributed by atoms with Crippen LogP contribution in [0, 0.1) is 17.8 Å². The normalized spacial score (nSPS) is 11.7. The Labute approximate surface area is 351 Å². The van der Waals surface area contributed by atoms with Crippen LogP contribution >= 0.6 is 0 Å². The maximum atomic E-state index is 13.1. The number of carbonyl (C=O) groups is 3. The van der Waals surface area contributed by atoms with Crippen LogP contribution in [0.5, 0.6) is 0 Å². The van der Waals surface area contributed by atoms with E-state index >= 15 is 0 Å². The van der Waals surface area contributed by atoms with Gasteiger partial charge in [-0.05, 0) is 73.0 Å². The van der Waals surface area contributed by atoms with E-state index < -0.39 is 17.9 Å². The van der Waals surface area contributed by atoms with E-state index in [1.807, 2.05) is 0 Å². The third-order valence-corrected chi connectivity index (χ3v) is 12.1. The molecule has 3 N–H and O–H groups in total. The molecule has 0 heterocycles. The first-order valence-corrected chi connectivity index (χ1v) is 24.3. The number of aromatic carboxylic acids is 3. The van der Waals surface area contributed by atoms with E-state index in [4.69, 9.17) is 0 Å². The van der Waals surface area contributed by atoms with Gasteiger partial charge in [0.1, 0.15) is 0 Å². The molecule has 57 heavy (non-hydrogen) atoms. The number of hydrogen-bond donors (Lipinski definition) is 3. The second-order valence-corrected chi connectivity index (χ2v) is 18.8. The van der Waals surface area contributed by atoms with Crippen LogP contribution < -0.4 is 0 Å². The zero-order chi connectivity index (χ0) is 42.3. The summed E-state index contributed by atoms with van der Waals surface area (Å²) in [7, 11) is 0. The Morgan fingerprint density at radius 2 is 0.491 bits per heavy atom. The predicted octanol–water partition coefficient (Wildman–Crippen LogP) is 16.1. The lowest BCUT2D eigenvalue weighted by Crippen LogP contribution is -2.22. The first kappa shape index (κ1) is 52.6. The molecule has 0 fully saturated rings. The van der Waals surface area contributed by atoms with Gasteiger partial charge in [-0.25, -0.2) is 14.4 Å². The van der Waals surface area contributed by atoms with E-state index in [0.717, 1.165) is 88.4 Å². The highest BCUT2D eigenvalue weighted by Gasteiger charge is 2.32. The van der Waals surface area contributed by atoms with Gasteiger partial charge in [-0.2, -0.15) is 0 Å². The molecule has 0 aromatic heterocycles. The van der Waals surface area contributed by atoms with E-state index in [1.165, 1.54) is 116 Å². The van der Waals surface area contributed by atoms with Crippen LogP contribution in [0.15, 0.2) is 0 Å². The molecule has 1 aromatic carbocycles. The Morgan fingerprint density at radius 3 is 0.737 bits per heavy atom. The monoisotopic (exact) mass is 799 g/mol. The lowest BCUT2D eigenvalue weighted by Gasteiger charge is -2.22. The second-order valence-electron chi connectivity index (χ2n) is 18.8. The van der Waals surface area contributed by atoms with Crippen molar-refractivity contribution in [3.63, 3.8) is 0 Å². The van der Waals surface area contributed by atoms with Gasteiger partial charge in [0.05, 0.1) is 16.7 Å². The van der Waals surface area contributed by atoms with Crippen molar-refractivity contribution in [2.45, 2.75) is 253 Å². The summed E-state index contributed by atoms with van der Waals surface area (Å²) >= 11 is 0. The predicted molar refractivity (Wildman–Crippen MR) is 241 cm³/mol. The molecule has 6 heteroatoms. The summed E-state index contributed by atoms with van der Waals surface area (Å²) < 4.78 is 0. The van der Waals surface area contributed by atoms with Crippen LogP contribution in [0.3, 0.4) is 0 Å². The Bertz CT molecular complexity index is 1210. The minimum Gasteiger partial charge on any atom is -0.478 e. The maximum absolute atomic E-state index is 13.1. The zero-order valence-corrected chi connectivity index (χ0v) is 38.1. The number of hydrogen-bond acceptors (Lipinski definition) is 3. The van der Waals surface area contributed by atoms with Crippen LogP contribution in [-0.4, -0.2) is 33.2 Å². The van der Waals surface area contributed by atoms with Crippen molar-refractivity contribution in [2.75, 3.05) is 0 Å². The van der Waals surface area contributed by atoms with E-state index in [0.29, 0.717) is 30.4 Å². The van der Waals surface area contributed by atoms with Gasteiger partial charge in [0, 0.05) is 0 Å². The van der Waals surface area contributed by atoms with Crippen molar-refractivity contribution >= 4 is 17.9 Å². The van der Waals surface area contributed by atoms with Gasteiger partial charge in [-0.1, -0.05) is 215 Å². The van der Waals surface area contributed by atoms with Crippen molar-refractivity contribution < 1.29 is 29.7 Å². The highest BCUT2D eigenvalue weighted by Crippen LogP contribution is 2.34. The molecule has 0 saturated carbocycles. The van der Waals surface area contributed by atoms with E-state index in [2.05, 4.69) is 41.5 Å². The molecule has 0 bridgehead atoms. The number of unbranched alkanes of at least 4 members (excludes halogenated alkanes) is 24. The lowest BCUT2D eigenvalue weighted by atomic mass is 9.80. The lowest BCUT2D eigenvalue weighted by molar-refractivity contribution is 0.0646. The first-order chi connectivity index (χ1) is 27.4. The van der Waals surface area contributed by atoms with Crippen LogP contribution in [0.1, 0.15) is 282 Å². The Morgan fingerprint density at radius 1 is 0.298 bits per heavy atom. The minimum atomic E-state index is -1.33. The smallest absolute Gasteiger partial charge is 0.336 e. The summed E-state index contributed by atoms with van der Waals surface area (Å²) in [5.74, 6) is -1.39. The molecule has 0 aliphatic carbocycles. The van der Waals surface area contributed by atoms with E-state index in [-0.39, 0.29) is 28.7 Å². The molecule has 0 saturated heterocycles. The number of benzene rings is 1. The summed E-state index contributed by atoms with van der Waals surface area (Å²) in [5, 5.41) is 31.8. The molecule has 0 radical (unpaired) electrons. The largest absolute Gasteiger partial charge is 0.478 e. The first-order valence-electron chi connectivity index (χ1n) is 24.3. The summed E-state index contributed by atoms with van der Waals surface area (Å²) in [5.41, 5.74) is 0.902. The molecule has 0 spiro atoms. The molecule has 0 unspecified atom stereocenters. The Kier molecular flexibility index (Phi) is 30.9. The van der Waals surface area contributed by atoms with Crippen molar-refractivity contribution in [3.05, 3.63) is 33.4 Å². The molecule has 1 aromatic rings. The highest BCUT2D eigenvalue weighted by molar-refractivity contribution is 6.07. The van der Waals surface area contributed by atoms with Crippen molar-refractivity contribution in [2.24, 2.45) is 17.8 Å². The molecule has 0 aliphatic heterocycles. The molecule has 0 aliphatic rings. The molecular formula is C51H90O6. The van der Waals surface area contributed by atoms with Gasteiger partial charge in [0.15, 0.2) is 0 Å². The van der Waals surface area contributed by atoms with Gasteiger partial charge in [-0.15, -0.1) is 0 Å². The molecule has 330 valence electrons. The quantitative estimate of drug-likeness (QED) is 0.0572. The van der Waals surface area contributed by atoms with E-state index in [1.54, 1.807) is 0 Å². The molecule has 0 atom stereocenters. The third-order valence-electron chi connectivity index (χ3n) is 12.1. The van der Waals surface area contributed by atoms with Crippen LogP contribution in [0.2, 0.25) is 0 Å². The Balaban J connectivity index is 3.05. The number of rotatable bonds is 39. The van der Waals surface area contributed by atoms with Gasteiger partial charge >= 0.3 is 17.9 Å². The van der Waals surface area contributed by atoms with Gasteiger partial charge in [0.25, 0.3) is 0 Å². The fourth-order valence-corrected chi connectivity index (χ4v) is 8.72. The van der Waals surface area contributed by atoms with Crippen molar-refractivity contribution in [1.29, 1.82) is 0 Å². The van der Waals surface area contributed by atoms with E-state index in [9.17, 15) is 29.7 Å². The average Bonchev–Trinajstić information content (AvgIpc) is 3.14. The van der Waals surface area contributed by atoms with Gasteiger partial charge in [0.2, 0.25) is 0 Å². The van der Waals surface area contributed by atoms with Gasteiger partial charge in [-0.3, -0.25) is 0 Å². The summed E-state index contributed by atoms with van der Waals surface area (Å²) in [6.45, 7) is 13.7. The number of carboxylic acids is 3. The van der Waals surface area contributed by atoms with Gasteiger partial charge < -0.3 is 15.3 Å². The summed E-state index contributed by atoms with van der Waals surface area (Å²) in [6.07, 6.45) is 35.5. The maximum Gasteiger partial charge on any atom is 0.336 e. The second kappa shape index (κ2) is 33.5. The molecular weight excluding hydrogens is 709 g/mol. The standard InChI is InChI=1S/C51H90O6/c1-40(2)34-28-22-16-10-7-13-19-25-31-37-43-44(38-32-26-20-14-8-11-17-23-29-35-41(3)4)47(50(54)55)48(51(56)57)45(46(43)49(52)53)39-33-27-21-15-9-12-18-24-30-36-42(5)6/h40-42H,7-39H2,1-6H3,(H,52,53)(H,54,55)(H,56,57). The molecule has 0 amide bonds. The summed E-state index contributed by atoms with van der Waals surface area (Å²) in [6, 6.07) is 0. The van der Waals surface area contributed by atoms with Crippen LogP contribution in [0.4, 0.5) is 0 Å². The van der Waals surface area contributed by atoms with Crippen LogP contribution in [0.25, 0.3) is 0 Å². The Hall–Kier alpha value is -2.37. The van der Waals surface area contributed by atoms with Crippen molar-refractivity contribution in [3.8, 4) is 0 Å². The highest BCUT2D eigenvalue weighted by atomic mass is 16.4.